The lowest BCUT2D eigenvalue weighted by Gasteiger charge is -2.13. The van der Waals surface area contributed by atoms with Crippen LogP contribution in [0.1, 0.15) is 19.8 Å². The van der Waals surface area contributed by atoms with E-state index in [9.17, 15) is 4.79 Å². The van der Waals surface area contributed by atoms with Crippen molar-refractivity contribution in [1.82, 2.24) is 5.32 Å². The Morgan fingerprint density at radius 2 is 2.16 bits per heavy atom. The van der Waals surface area contributed by atoms with E-state index in [0.29, 0.717) is 30.2 Å². The fraction of sp³-hybridized carbons (Fsp3) is 0.500. The molecule has 5 nitrogen and oxygen atoms in total. The zero-order valence-electron chi connectivity index (χ0n) is 11.8. The number of anilines is 1. The van der Waals surface area contributed by atoms with Crippen molar-refractivity contribution in [3.05, 3.63) is 18.2 Å². The minimum absolute atomic E-state index is 0.0237. The first-order valence-corrected chi connectivity index (χ1v) is 6.46. The number of amides is 1. The third-order valence-electron chi connectivity index (χ3n) is 2.59. The molecule has 5 heteroatoms. The molecule has 1 amide bonds. The third kappa shape index (κ3) is 5.18. The number of carbonyl (C=O) groups excluding carboxylic acids is 1. The second kappa shape index (κ2) is 8.37. The van der Waals surface area contributed by atoms with Gasteiger partial charge in [-0.1, -0.05) is 0 Å². The molecule has 0 unspecified atom stereocenters. The summed E-state index contributed by atoms with van der Waals surface area (Å²) in [6, 6.07) is 5.37. The standard InChI is InChI=1S/C14H22N2O3/c1-4-19-13-8-7-11(18-3)10-12(13)16-14(17)6-5-9-15-2/h7-8,10,15H,4-6,9H2,1-3H3,(H,16,17). The maximum atomic E-state index is 11.8. The summed E-state index contributed by atoms with van der Waals surface area (Å²) in [7, 11) is 3.46. The molecule has 0 aromatic heterocycles. The molecule has 0 aliphatic carbocycles. The van der Waals surface area contributed by atoms with Gasteiger partial charge in [-0.15, -0.1) is 0 Å². The highest BCUT2D eigenvalue weighted by Crippen LogP contribution is 2.29. The van der Waals surface area contributed by atoms with Crippen molar-refractivity contribution in [3.8, 4) is 11.5 Å². The second-order valence-electron chi connectivity index (χ2n) is 4.05. The lowest BCUT2D eigenvalue weighted by molar-refractivity contribution is -0.116. The average molecular weight is 266 g/mol. The van der Waals surface area contributed by atoms with Gasteiger partial charge in [-0.3, -0.25) is 4.79 Å². The Morgan fingerprint density at radius 3 is 2.79 bits per heavy atom. The van der Waals surface area contributed by atoms with Gasteiger partial charge in [-0.25, -0.2) is 0 Å². The van der Waals surface area contributed by atoms with Crippen LogP contribution in [0.25, 0.3) is 0 Å². The fourth-order valence-corrected chi connectivity index (χ4v) is 1.65. The molecule has 0 aliphatic heterocycles. The van der Waals surface area contributed by atoms with Crippen molar-refractivity contribution >= 4 is 11.6 Å². The van der Waals surface area contributed by atoms with E-state index in [0.717, 1.165) is 13.0 Å². The second-order valence-corrected chi connectivity index (χ2v) is 4.05. The maximum absolute atomic E-state index is 11.8. The zero-order chi connectivity index (χ0) is 14.1. The van der Waals surface area contributed by atoms with Gasteiger partial charge in [0.1, 0.15) is 11.5 Å². The minimum atomic E-state index is -0.0237. The molecular weight excluding hydrogens is 244 g/mol. The number of hydrogen-bond acceptors (Lipinski definition) is 4. The van der Waals surface area contributed by atoms with E-state index in [1.54, 1.807) is 19.2 Å². The molecule has 0 atom stereocenters. The first-order valence-electron chi connectivity index (χ1n) is 6.46. The van der Waals surface area contributed by atoms with Crippen molar-refractivity contribution in [1.29, 1.82) is 0 Å². The van der Waals surface area contributed by atoms with E-state index in [2.05, 4.69) is 10.6 Å². The molecule has 0 spiro atoms. The van der Waals surface area contributed by atoms with E-state index in [1.165, 1.54) is 0 Å². The van der Waals surface area contributed by atoms with Gasteiger partial charge in [0.2, 0.25) is 5.91 Å². The lowest BCUT2D eigenvalue weighted by atomic mass is 10.2. The average Bonchev–Trinajstić information content (AvgIpc) is 2.41. The molecule has 0 saturated heterocycles. The van der Waals surface area contributed by atoms with Crippen molar-refractivity contribution in [2.75, 3.05) is 32.6 Å². The first kappa shape index (κ1) is 15.3. The quantitative estimate of drug-likeness (QED) is 0.707. The van der Waals surface area contributed by atoms with E-state index in [-0.39, 0.29) is 5.91 Å². The monoisotopic (exact) mass is 266 g/mol. The molecule has 0 radical (unpaired) electrons. The molecule has 0 saturated carbocycles. The Hall–Kier alpha value is -1.75. The lowest BCUT2D eigenvalue weighted by Crippen LogP contribution is -2.15. The van der Waals surface area contributed by atoms with Gasteiger partial charge in [-0.2, -0.15) is 0 Å². The van der Waals surface area contributed by atoms with Gasteiger partial charge in [-0.05, 0) is 39.1 Å². The Morgan fingerprint density at radius 1 is 1.37 bits per heavy atom. The van der Waals surface area contributed by atoms with E-state index in [4.69, 9.17) is 9.47 Å². The van der Waals surface area contributed by atoms with Crippen LogP contribution in [0.3, 0.4) is 0 Å². The zero-order valence-corrected chi connectivity index (χ0v) is 11.8. The van der Waals surface area contributed by atoms with Gasteiger partial charge in [0.05, 0.1) is 19.4 Å². The van der Waals surface area contributed by atoms with Crippen LogP contribution >= 0.6 is 0 Å². The van der Waals surface area contributed by atoms with Gasteiger partial charge < -0.3 is 20.1 Å². The molecule has 19 heavy (non-hydrogen) atoms. The topological polar surface area (TPSA) is 59.6 Å². The van der Waals surface area contributed by atoms with Gasteiger partial charge in [0.15, 0.2) is 0 Å². The molecule has 2 N–H and O–H groups in total. The van der Waals surface area contributed by atoms with Crippen molar-refractivity contribution in [2.24, 2.45) is 0 Å². The van der Waals surface area contributed by atoms with E-state index < -0.39 is 0 Å². The number of benzene rings is 1. The van der Waals surface area contributed by atoms with Crippen LogP contribution in [0.15, 0.2) is 18.2 Å². The predicted octanol–water partition coefficient (Wildman–Crippen LogP) is 2.03. The minimum Gasteiger partial charge on any atom is -0.497 e. The molecule has 1 rings (SSSR count). The third-order valence-corrected chi connectivity index (χ3v) is 2.59. The predicted molar refractivity (Wildman–Crippen MR) is 76.0 cm³/mol. The van der Waals surface area contributed by atoms with E-state index >= 15 is 0 Å². The molecule has 0 fully saturated rings. The van der Waals surface area contributed by atoms with Crippen LogP contribution in [0.4, 0.5) is 5.69 Å². The van der Waals surface area contributed by atoms with Crippen LogP contribution < -0.4 is 20.1 Å². The van der Waals surface area contributed by atoms with Gasteiger partial charge >= 0.3 is 0 Å². The Bertz CT molecular complexity index is 408. The smallest absolute Gasteiger partial charge is 0.224 e. The van der Waals surface area contributed by atoms with Crippen molar-refractivity contribution in [2.45, 2.75) is 19.8 Å². The Kier molecular flexibility index (Phi) is 6.74. The number of methoxy groups -OCH3 is 1. The molecule has 1 aromatic carbocycles. The summed E-state index contributed by atoms with van der Waals surface area (Å²) in [5.74, 6) is 1.32. The Labute approximate surface area is 114 Å². The number of hydrogen-bond donors (Lipinski definition) is 2. The summed E-state index contributed by atoms with van der Waals surface area (Å²) in [5.41, 5.74) is 0.649. The number of ether oxygens (including phenoxy) is 2. The summed E-state index contributed by atoms with van der Waals surface area (Å²) in [6.45, 7) is 3.28. The molecule has 0 bridgehead atoms. The highest BCUT2D eigenvalue weighted by Gasteiger charge is 2.09. The summed E-state index contributed by atoms with van der Waals surface area (Å²) in [4.78, 5) is 11.8. The van der Waals surface area contributed by atoms with E-state index in [1.807, 2.05) is 20.0 Å². The van der Waals surface area contributed by atoms with Crippen molar-refractivity contribution < 1.29 is 14.3 Å². The molecular formula is C14H22N2O3. The summed E-state index contributed by atoms with van der Waals surface area (Å²) < 4.78 is 10.6. The number of nitrogens with one attached hydrogen (secondary N) is 2. The summed E-state index contributed by atoms with van der Waals surface area (Å²) >= 11 is 0. The normalized spacial score (nSPS) is 10.1. The van der Waals surface area contributed by atoms with Crippen LogP contribution in [-0.4, -0.2) is 33.2 Å². The maximum Gasteiger partial charge on any atom is 0.224 e. The summed E-state index contributed by atoms with van der Waals surface area (Å²) in [5, 5.41) is 5.87. The largest absolute Gasteiger partial charge is 0.497 e. The highest BCUT2D eigenvalue weighted by atomic mass is 16.5. The molecule has 106 valence electrons. The van der Waals surface area contributed by atoms with Crippen molar-refractivity contribution in [3.63, 3.8) is 0 Å². The molecule has 1 aromatic rings. The number of carbonyl (C=O) groups is 1. The van der Waals surface area contributed by atoms with Crippen LogP contribution in [0, 0.1) is 0 Å². The van der Waals surface area contributed by atoms with Crippen LogP contribution in [-0.2, 0) is 4.79 Å². The molecule has 0 heterocycles. The van der Waals surface area contributed by atoms with Crippen LogP contribution in [0.2, 0.25) is 0 Å². The molecule has 0 aliphatic rings. The van der Waals surface area contributed by atoms with Gasteiger partial charge in [0.25, 0.3) is 0 Å². The SMILES string of the molecule is CCOc1ccc(OC)cc1NC(=O)CCCNC. The van der Waals surface area contributed by atoms with Gasteiger partial charge in [0, 0.05) is 12.5 Å². The number of rotatable bonds is 8. The Balaban J connectivity index is 2.70. The van der Waals surface area contributed by atoms with Crippen LogP contribution in [0.5, 0.6) is 11.5 Å². The fourth-order valence-electron chi connectivity index (χ4n) is 1.65. The highest BCUT2D eigenvalue weighted by molar-refractivity contribution is 5.92. The summed E-state index contributed by atoms with van der Waals surface area (Å²) in [6.07, 6.45) is 1.28. The first-order chi connectivity index (χ1) is 9.21.